The number of amides is 1. The lowest BCUT2D eigenvalue weighted by Crippen LogP contribution is -2.51. The third kappa shape index (κ3) is 4.18. The lowest BCUT2D eigenvalue weighted by molar-refractivity contribution is -0.139. The van der Waals surface area contributed by atoms with Crippen molar-refractivity contribution in [1.29, 1.82) is 0 Å². The molecular weight excluding hydrogens is 392 g/mol. The van der Waals surface area contributed by atoms with Gasteiger partial charge in [-0.1, -0.05) is 30.3 Å². The highest BCUT2D eigenvalue weighted by atomic mass is 32.2. The van der Waals surface area contributed by atoms with Gasteiger partial charge in [0.15, 0.2) is 5.60 Å². The molecular formula is C21H22N2O5S. The molecule has 29 heavy (non-hydrogen) atoms. The number of nitrogens with one attached hydrogen (secondary N) is 2. The number of hydrogen-bond donors (Lipinski definition) is 2. The van der Waals surface area contributed by atoms with E-state index < -0.39 is 27.5 Å². The number of cyclic esters (lactones) is 1. The van der Waals surface area contributed by atoms with Gasteiger partial charge in [0, 0.05) is 19.0 Å². The van der Waals surface area contributed by atoms with Gasteiger partial charge in [0.2, 0.25) is 10.0 Å². The molecule has 152 valence electrons. The molecule has 1 fully saturated rings. The van der Waals surface area contributed by atoms with E-state index in [9.17, 15) is 18.0 Å². The molecule has 1 unspecified atom stereocenters. The molecule has 7 nitrogen and oxygen atoms in total. The molecule has 0 aromatic heterocycles. The van der Waals surface area contributed by atoms with Crippen molar-refractivity contribution in [3.8, 4) is 0 Å². The highest BCUT2D eigenvalue weighted by Gasteiger charge is 2.42. The predicted octanol–water partition coefficient (Wildman–Crippen LogP) is 1.92. The number of carbonyl (C=O) groups is 2. The van der Waals surface area contributed by atoms with E-state index in [4.69, 9.17) is 4.74 Å². The zero-order chi connectivity index (χ0) is 20.6. The van der Waals surface area contributed by atoms with Crippen LogP contribution in [0.15, 0.2) is 53.4 Å². The topological polar surface area (TPSA) is 102 Å². The molecule has 0 spiro atoms. The monoisotopic (exact) mass is 414 g/mol. The molecule has 1 aliphatic carbocycles. The smallest absolute Gasteiger partial charge is 0.339 e. The number of sulfonamides is 1. The SMILES string of the molecule is CC1(C(=O)NCc2ccc(S(=O)(=O)NC3CC3)cc2)Cc2ccccc2C(=O)O1. The fourth-order valence-electron chi connectivity index (χ4n) is 3.30. The summed E-state index contributed by atoms with van der Waals surface area (Å²) < 4.78 is 32.5. The first-order chi connectivity index (χ1) is 13.8. The van der Waals surface area contributed by atoms with Crippen molar-refractivity contribution in [1.82, 2.24) is 10.0 Å². The second-order valence-corrected chi connectivity index (χ2v) is 9.39. The Labute approximate surface area is 169 Å². The summed E-state index contributed by atoms with van der Waals surface area (Å²) in [4.78, 5) is 25.1. The van der Waals surface area contributed by atoms with Crippen molar-refractivity contribution in [2.24, 2.45) is 0 Å². The summed E-state index contributed by atoms with van der Waals surface area (Å²) in [5.74, 6) is -0.908. The number of hydrogen-bond acceptors (Lipinski definition) is 5. The van der Waals surface area contributed by atoms with Gasteiger partial charge >= 0.3 is 5.97 Å². The number of ether oxygens (including phenoxy) is 1. The van der Waals surface area contributed by atoms with E-state index in [1.54, 1.807) is 31.2 Å². The van der Waals surface area contributed by atoms with E-state index in [1.165, 1.54) is 12.1 Å². The first-order valence-electron chi connectivity index (χ1n) is 9.48. The van der Waals surface area contributed by atoms with Gasteiger partial charge in [-0.25, -0.2) is 17.9 Å². The fourth-order valence-corrected chi connectivity index (χ4v) is 4.61. The normalized spacial score (nSPS) is 21.2. The lowest BCUT2D eigenvalue weighted by atomic mass is 9.89. The van der Waals surface area contributed by atoms with E-state index in [2.05, 4.69) is 10.0 Å². The van der Waals surface area contributed by atoms with Gasteiger partial charge in [-0.3, -0.25) is 4.79 Å². The second-order valence-electron chi connectivity index (χ2n) is 7.68. The Hall–Kier alpha value is -2.71. The molecule has 1 atom stereocenters. The highest BCUT2D eigenvalue weighted by Crippen LogP contribution is 2.28. The minimum absolute atomic E-state index is 0.0445. The van der Waals surface area contributed by atoms with Crippen LogP contribution in [0.25, 0.3) is 0 Å². The summed E-state index contributed by atoms with van der Waals surface area (Å²) >= 11 is 0. The number of rotatable bonds is 6. The van der Waals surface area contributed by atoms with Crippen LogP contribution in [0.3, 0.4) is 0 Å². The Morgan fingerprint density at radius 1 is 1.14 bits per heavy atom. The van der Waals surface area contributed by atoms with Crippen molar-refractivity contribution >= 4 is 21.9 Å². The van der Waals surface area contributed by atoms with E-state index in [1.807, 2.05) is 12.1 Å². The minimum atomic E-state index is -3.50. The highest BCUT2D eigenvalue weighted by molar-refractivity contribution is 7.89. The van der Waals surface area contributed by atoms with Crippen molar-refractivity contribution in [3.63, 3.8) is 0 Å². The third-order valence-corrected chi connectivity index (χ3v) is 6.69. The zero-order valence-corrected chi connectivity index (χ0v) is 16.8. The summed E-state index contributed by atoms with van der Waals surface area (Å²) in [7, 11) is -3.50. The lowest BCUT2D eigenvalue weighted by Gasteiger charge is -2.33. The van der Waals surface area contributed by atoms with Crippen molar-refractivity contribution in [2.45, 2.75) is 49.3 Å². The first-order valence-corrected chi connectivity index (χ1v) is 11.0. The Morgan fingerprint density at radius 2 is 1.83 bits per heavy atom. The Kier molecular flexibility index (Phi) is 4.92. The fraction of sp³-hybridized carbons (Fsp3) is 0.333. The van der Waals surface area contributed by atoms with Crippen molar-refractivity contribution in [2.75, 3.05) is 0 Å². The van der Waals surface area contributed by atoms with Gasteiger partial charge in [0.05, 0.1) is 10.5 Å². The van der Waals surface area contributed by atoms with Gasteiger partial charge in [-0.15, -0.1) is 0 Å². The molecule has 2 N–H and O–H groups in total. The standard InChI is InChI=1S/C21H22N2O5S/c1-21(12-15-4-2-3-5-18(15)19(24)28-21)20(25)22-13-14-6-10-17(11-7-14)29(26,27)23-16-8-9-16/h2-7,10-11,16,23H,8-9,12-13H2,1H3,(H,22,25). The van der Waals surface area contributed by atoms with Crippen molar-refractivity contribution < 1.29 is 22.7 Å². The molecule has 1 saturated carbocycles. The van der Waals surface area contributed by atoms with E-state index >= 15 is 0 Å². The Balaban J connectivity index is 1.40. The Morgan fingerprint density at radius 3 is 2.52 bits per heavy atom. The van der Waals surface area contributed by atoms with Gasteiger partial charge in [-0.05, 0) is 49.1 Å². The number of carbonyl (C=O) groups excluding carboxylic acids is 2. The summed E-state index contributed by atoms with van der Waals surface area (Å²) in [5, 5.41) is 2.78. The molecule has 1 amide bonds. The largest absolute Gasteiger partial charge is 0.445 e. The van der Waals surface area contributed by atoms with E-state index in [0.717, 1.165) is 24.0 Å². The van der Waals surface area contributed by atoms with Crippen LogP contribution in [-0.4, -0.2) is 31.9 Å². The number of esters is 1. The summed E-state index contributed by atoms with van der Waals surface area (Å²) in [6.07, 6.45) is 2.04. The van der Waals surface area contributed by atoms with Gasteiger partial charge < -0.3 is 10.1 Å². The van der Waals surface area contributed by atoms with Crippen LogP contribution in [0.1, 0.15) is 41.3 Å². The molecule has 2 aromatic carbocycles. The molecule has 2 aliphatic rings. The molecule has 0 radical (unpaired) electrons. The second kappa shape index (κ2) is 7.27. The Bertz CT molecular complexity index is 1060. The molecule has 1 heterocycles. The van der Waals surface area contributed by atoms with Crippen molar-refractivity contribution in [3.05, 3.63) is 65.2 Å². The average molecular weight is 414 g/mol. The maximum Gasteiger partial charge on any atom is 0.339 e. The van der Waals surface area contributed by atoms with Crippen LogP contribution in [0.4, 0.5) is 0 Å². The summed E-state index contributed by atoms with van der Waals surface area (Å²) in [5.41, 5.74) is 0.714. The maximum absolute atomic E-state index is 12.7. The third-order valence-electron chi connectivity index (χ3n) is 5.15. The van der Waals surface area contributed by atoms with Gasteiger partial charge in [0.25, 0.3) is 5.91 Å². The number of benzene rings is 2. The predicted molar refractivity (Wildman–Crippen MR) is 106 cm³/mol. The van der Waals surface area contributed by atoms with Crippen LogP contribution in [-0.2, 0) is 32.5 Å². The zero-order valence-electron chi connectivity index (χ0n) is 16.0. The molecule has 2 aromatic rings. The first kappa shape index (κ1) is 19.6. The quantitative estimate of drug-likeness (QED) is 0.703. The van der Waals surface area contributed by atoms with Crippen LogP contribution < -0.4 is 10.0 Å². The number of fused-ring (bicyclic) bond motifs is 1. The van der Waals surface area contributed by atoms with E-state index in [0.29, 0.717) is 12.0 Å². The summed E-state index contributed by atoms with van der Waals surface area (Å²) in [6, 6.07) is 13.5. The minimum Gasteiger partial charge on any atom is -0.445 e. The van der Waals surface area contributed by atoms with Crippen LogP contribution in [0.2, 0.25) is 0 Å². The van der Waals surface area contributed by atoms with E-state index in [-0.39, 0.29) is 17.5 Å². The molecule has 0 saturated heterocycles. The van der Waals surface area contributed by atoms with Gasteiger partial charge in [0.1, 0.15) is 0 Å². The average Bonchev–Trinajstić information content (AvgIpc) is 3.49. The summed E-state index contributed by atoms with van der Waals surface area (Å²) in [6.45, 7) is 1.79. The molecule has 1 aliphatic heterocycles. The van der Waals surface area contributed by atoms with Crippen LogP contribution >= 0.6 is 0 Å². The molecule has 8 heteroatoms. The van der Waals surface area contributed by atoms with Crippen LogP contribution in [0.5, 0.6) is 0 Å². The van der Waals surface area contributed by atoms with Gasteiger partial charge in [-0.2, -0.15) is 0 Å². The molecule has 0 bridgehead atoms. The van der Waals surface area contributed by atoms with Crippen LogP contribution in [0, 0.1) is 0 Å². The molecule has 4 rings (SSSR count). The maximum atomic E-state index is 12.7.